The molecule has 2 rings (SSSR count). The normalized spacial score (nSPS) is 11.3. The number of benzene rings is 1. The number of H-pyrrole nitrogens is 1. The second-order valence-corrected chi connectivity index (χ2v) is 7.32. The highest BCUT2D eigenvalue weighted by Gasteiger charge is 2.22. The van der Waals surface area contributed by atoms with Crippen LogP contribution in [0.1, 0.15) is 36.3 Å². The molecule has 0 bridgehead atoms. The van der Waals surface area contributed by atoms with E-state index in [4.69, 9.17) is 5.26 Å². The molecular weight excluding hydrogens is 398 g/mol. The summed E-state index contributed by atoms with van der Waals surface area (Å²) in [6, 6.07) is 7.11. The molecule has 0 spiro atoms. The van der Waals surface area contributed by atoms with Crippen molar-refractivity contribution in [1.29, 1.82) is 5.26 Å². The number of nitriles is 1. The SMILES string of the molecule is CC(C)CC(NC(=O)c1cccc(NC(=O)NCCc2cnc[nH]2)c1)C(=O)NCC#N. The van der Waals surface area contributed by atoms with Gasteiger partial charge in [-0.15, -0.1) is 0 Å². The van der Waals surface area contributed by atoms with Crippen molar-refractivity contribution in [2.75, 3.05) is 18.4 Å². The quantitative estimate of drug-likeness (QED) is 0.366. The summed E-state index contributed by atoms with van der Waals surface area (Å²) >= 11 is 0. The predicted molar refractivity (Wildman–Crippen MR) is 115 cm³/mol. The number of nitrogens with zero attached hydrogens (tertiary/aromatic N) is 2. The Balaban J connectivity index is 1.93. The molecule has 4 amide bonds. The van der Waals surface area contributed by atoms with Crippen LogP contribution < -0.4 is 21.3 Å². The zero-order chi connectivity index (χ0) is 22.6. The maximum absolute atomic E-state index is 12.7. The van der Waals surface area contributed by atoms with Gasteiger partial charge in [0.25, 0.3) is 5.91 Å². The Hall–Kier alpha value is -3.87. The zero-order valence-electron chi connectivity index (χ0n) is 17.6. The third-order valence-corrected chi connectivity index (χ3v) is 4.29. The van der Waals surface area contributed by atoms with Gasteiger partial charge in [-0.3, -0.25) is 9.59 Å². The predicted octanol–water partition coefficient (Wildman–Crippen LogP) is 1.56. The topological polar surface area (TPSA) is 152 Å². The molecule has 1 atom stereocenters. The van der Waals surface area contributed by atoms with Crippen LogP contribution in [0.5, 0.6) is 0 Å². The summed E-state index contributed by atoms with van der Waals surface area (Å²) in [6.07, 6.45) is 4.31. The number of hydrogen-bond donors (Lipinski definition) is 5. The lowest BCUT2D eigenvalue weighted by Gasteiger charge is -2.19. The van der Waals surface area contributed by atoms with E-state index >= 15 is 0 Å². The lowest BCUT2D eigenvalue weighted by Crippen LogP contribution is -2.47. The Labute approximate surface area is 180 Å². The second kappa shape index (κ2) is 12.0. The largest absolute Gasteiger partial charge is 0.348 e. The fraction of sp³-hybridized carbons (Fsp3) is 0.381. The number of amides is 4. The lowest BCUT2D eigenvalue weighted by atomic mass is 10.0. The van der Waals surface area contributed by atoms with Crippen LogP contribution in [0.4, 0.5) is 10.5 Å². The van der Waals surface area contributed by atoms with Crippen LogP contribution in [0.2, 0.25) is 0 Å². The molecule has 2 aromatic rings. The average molecular weight is 425 g/mol. The van der Waals surface area contributed by atoms with Crippen LogP contribution in [0.15, 0.2) is 36.8 Å². The second-order valence-electron chi connectivity index (χ2n) is 7.32. The fourth-order valence-corrected chi connectivity index (χ4v) is 2.84. The fourth-order valence-electron chi connectivity index (χ4n) is 2.84. The number of hydrogen-bond acceptors (Lipinski definition) is 5. The van der Waals surface area contributed by atoms with E-state index in [1.807, 2.05) is 19.9 Å². The van der Waals surface area contributed by atoms with Crippen molar-refractivity contribution in [3.8, 4) is 6.07 Å². The molecule has 1 unspecified atom stereocenters. The molecule has 0 aliphatic heterocycles. The molecule has 0 radical (unpaired) electrons. The first kappa shape index (κ1) is 23.4. The number of urea groups is 1. The van der Waals surface area contributed by atoms with E-state index in [0.717, 1.165) is 5.69 Å². The highest BCUT2D eigenvalue weighted by atomic mass is 16.2. The first-order valence-corrected chi connectivity index (χ1v) is 9.96. The number of carbonyl (C=O) groups excluding carboxylic acids is 3. The van der Waals surface area contributed by atoms with Gasteiger partial charge < -0.3 is 26.3 Å². The van der Waals surface area contributed by atoms with E-state index in [1.165, 1.54) is 6.07 Å². The highest BCUT2D eigenvalue weighted by Crippen LogP contribution is 2.12. The van der Waals surface area contributed by atoms with Crippen LogP contribution in [0.25, 0.3) is 0 Å². The monoisotopic (exact) mass is 425 g/mol. The molecule has 1 heterocycles. The first-order chi connectivity index (χ1) is 14.9. The van der Waals surface area contributed by atoms with E-state index in [1.54, 1.807) is 30.7 Å². The summed E-state index contributed by atoms with van der Waals surface area (Å²) in [4.78, 5) is 43.9. The molecule has 10 heteroatoms. The number of nitrogens with one attached hydrogen (secondary N) is 5. The van der Waals surface area contributed by atoms with Crippen molar-refractivity contribution < 1.29 is 14.4 Å². The Morgan fingerprint density at radius 1 is 1.23 bits per heavy atom. The summed E-state index contributed by atoms with van der Waals surface area (Å²) in [7, 11) is 0. The molecule has 0 aliphatic carbocycles. The van der Waals surface area contributed by atoms with Gasteiger partial charge in [0.1, 0.15) is 12.6 Å². The van der Waals surface area contributed by atoms with Gasteiger partial charge in [0.15, 0.2) is 0 Å². The van der Waals surface area contributed by atoms with Gasteiger partial charge >= 0.3 is 6.03 Å². The van der Waals surface area contributed by atoms with Crippen molar-refractivity contribution in [2.24, 2.45) is 5.92 Å². The van der Waals surface area contributed by atoms with Crippen LogP contribution in [0, 0.1) is 17.2 Å². The number of imidazole rings is 1. The van der Waals surface area contributed by atoms with Gasteiger partial charge in [0.2, 0.25) is 5.91 Å². The van der Waals surface area contributed by atoms with Gasteiger partial charge in [-0.25, -0.2) is 9.78 Å². The molecule has 31 heavy (non-hydrogen) atoms. The minimum Gasteiger partial charge on any atom is -0.348 e. The minimum absolute atomic E-state index is 0.127. The molecule has 5 N–H and O–H groups in total. The average Bonchev–Trinajstić information content (AvgIpc) is 3.24. The number of anilines is 1. The van der Waals surface area contributed by atoms with E-state index in [-0.39, 0.29) is 12.5 Å². The summed E-state index contributed by atoms with van der Waals surface area (Å²) in [5, 5.41) is 19.2. The van der Waals surface area contributed by atoms with E-state index in [0.29, 0.717) is 30.6 Å². The number of carbonyl (C=O) groups is 3. The smallest absolute Gasteiger partial charge is 0.319 e. The van der Waals surface area contributed by atoms with E-state index in [9.17, 15) is 14.4 Å². The molecule has 1 aromatic heterocycles. The molecule has 1 aromatic carbocycles. The summed E-state index contributed by atoms with van der Waals surface area (Å²) in [5.41, 5.74) is 1.66. The molecule has 0 aliphatic rings. The molecule has 10 nitrogen and oxygen atoms in total. The Morgan fingerprint density at radius 3 is 2.71 bits per heavy atom. The molecule has 0 saturated heterocycles. The maximum atomic E-state index is 12.7. The van der Waals surface area contributed by atoms with Gasteiger partial charge in [-0.1, -0.05) is 19.9 Å². The molecular formula is C21H27N7O3. The van der Waals surface area contributed by atoms with Crippen LogP contribution in [-0.4, -0.2) is 46.9 Å². The van der Waals surface area contributed by atoms with Crippen molar-refractivity contribution >= 4 is 23.5 Å². The van der Waals surface area contributed by atoms with Gasteiger partial charge in [-0.2, -0.15) is 5.26 Å². The van der Waals surface area contributed by atoms with Crippen molar-refractivity contribution in [2.45, 2.75) is 32.7 Å². The zero-order valence-corrected chi connectivity index (χ0v) is 17.6. The number of aromatic nitrogens is 2. The molecule has 0 saturated carbocycles. The Morgan fingerprint density at radius 2 is 2.03 bits per heavy atom. The first-order valence-electron chi connectivity index (χ1n) is 9.96. The van der Waals surface area contributed by atoms with Crippen LogP contribution >= 0.6 is 0 Å². The Bertz CT molecular complexity index is 919. The number of rotatable bonds is 10. The van der Waals surface area contributed by atoms with E-state index in [2.05, 4.69) is 31.2 Å². The molecule has 164 valence electrons. The third kappa shape index (κ3) is 8.18. The van der Waals surface area contributed by atoms with Crippen LogP contribution in [0.3, 0.4) is 0 Å². The van der Waals surface area contributed by atoms with Gasteiger partial charge in [0.05, 0.1) is 12.4 Å². The summed E-state index contributed by atoms with van der Waals surface area (Å²) in [5.74, 6) is -0.688. The van der Waals surface area contributed by atoms with Crippen molar-refractivity contribution in [3.05, 3.63) is 48.0 Å². The minimum atomic E-state index is -0.761. The van der Waals surface area contributed by atoms with Gasteiger partial charge in [-0.05, 0) is 30.5 Å². The lowest BCUT2D eigenvalue weighted by molar-refractivity contribution is -0.123. The third-order valence-electron chi connectivity index (χ3n) is 4.29. The highest BCUT2D eigenvalue weighted by molar-refractivity contribution is 5.99. The number of aromatic amines is 1. The summed E-state index contributed by atoms with van der Waals surface area (Å²) < 4.78 is 0. The standard InChI is InChI=1S/C21H27N7O3/c1-14(2)10-18(20(30)24-9-7-22)28-19(29)15-4-3-5-16(11-15)27-21(31)25-8-6-17-12-23-13-26-17/h3-5,11-14,18H,6,8-10H2,1-2H3,(H,23,26)(H,24,30)(H,28,29)(H2,25,27,31). The van der Waals surface area contributed by atoms with E-state index < -0.39 is 23.9 Å². The van der Waals surface area contributed by atoms with Crippen molar-refractivity contribution in [3.63, 3.8) is 0 Å². The Kier molecular flexibility index (Phi) is 9.04. The maximum Gasteiger partial charge on any atom is 0.319 e. The van der Waals surface area contributed by atoms with Crippen LogP contribution in [-0.2, 0) is 11.2 Å². The van der Waals surface area contributed by atoms with Gasteiger partial charge in [0, 0.05) is 36.1 Å². The molecule has 0 fully saturated rings. The van der Waals surface area contributed by atoms with Crippen molar-refractivity contribution in [1.82, 2.24) is 25.9 Å². The summed E-state index contributed by atoms with van der Waals surface area (Å²) in [6.45, 7) is 4.17.